The largest absolute Gasteiger partial charge is 0.208 e. The van der Waals surface area contributed by atoms with Crippen LogP contribution in [0.3, 0.4) is 0 Å². The Morgan fingerprint density at radius 1 is 1.05 bits per heavy atom. The molecule has 0 spiro atoms. The molecule has 0 aliphatic carbocycles. The third-order valence-corrected chi connectivity index (χ3v) is 3.01. The Hall–Kier alpha value is -1.34. The molecule has 0 atom stereocenters. The van der Waals surface area contributed by atoms with Crippen molar-refractivity contribution in [3.05, 3.63) is 71.6 Å². The van der Waals surface area contributed by atoms with Crippen molar-refractivity contribution in [2.45, 2.75) is 33.6 Å². The van der Waals surface area contributed by atoms with Crippen molar-refractivity contribution < 1.29 is 4.39 Å². The Bertz CT molecular complexity index is 453. The van der Waals surface area contributed by atoms with Crippen LogP contribution < -0.4 is 0 Å². The van der Waals surface area contributed by atoms with E-state index in [1.54, 1.807) is 6.08 Å². The van der Waals surface area contributed by atoms with Crippen LogP contribution in [0.5, 0.6) is 0 Å². The molecule has 2 heteroatoms. The van der Waals surface area contributed by atoms with Gasteiger partial charge in [0.05, 0.1) is 0 Å². The number of benzene rings is 1. The topological polar surface area (TPSA) is 0 Å². The summed E-state index contributed by atoms with van der Waals surface area (Å²) >= 11 is 5.72. The lowest BCUT2D eigenvalue weighted by Crippen LogP contribution is -1.86. The molecule has 20 heavy (non-hydrogen) atoms. The van der Waals surface area contributed by atoms with Crippen LogP contribution in [-0.4, -0.2) is 0 Å². The molecule has 1 aromatic rings. The van der Waals surface area contributed by atoms with Gasteiger partial charge in [-0.05, 0) is 35.6 Å². The van der Waals surface area contributed by atoms with Crippen LogP contribution in [0.25, 0.3) is 0 Å². The van der Waals surface area contributed by atoms with Gasteiger partial charge in [-0.25, -0.2) is 4.39 Å². The van der Waals surface area contributed by atoms with Crippen molar-refractivity contribution in [1.82, 2.24) is 0 Å². The minimum Gasteiger partial charge on any atom is -0.208 e. The zero-order chi connectivity index (χ0) is 15.7. The molecule has 0 radical (unpaired) electrons. The van der Waals surface area contributed by atoms with E-state index in [4.69, 9.17) is 11.6 Å². The van der Waals surface area contributed by atoms with Gasteiger partial charge in [-0.3, -0.25) is 0 Å². The number of hydrogen-bond acceptors (Lipinski definition) is 0. The van der Waals surface area contributed by atoms with Crippen molar-refractivity contribution >= 4 is 11.6 Å². The van der Waals surface area contributed by atoms with E-state index in [9.17, 15) is 4.39 Å². The van der Waals surface area contributed by atoms with Gasteiger partial charge in [0.25, 0.3) is 0 Å². The van der Waals surface area contributed by atoms with E-state index < -0.39 is 5.83 Å². The van der Waals surface area contributed by atoms with Gasteiger partial charge in [0.1, 0.15) is 5.83 Å². The number of hydrogen-bond donors (Lipinski definition) is 0. The molecule has 1 rings (SSSR count). The third-order valence-electron chi connectivity index (χ3n) is 2.76. The minimum atomic E-state index is -0.429. The summed E-state index contributed by atoms with van der Waals surface area (Å²) in [5.74, 6) is 0.537. The van der Waals surface area contributed by atoms with Crippen molar-refractivity contribution in [2.24, 2.45) is 5.92 Å². The highest BCUT2D eigenvalue weighted by Gasteiger charge is 1.96. The molecule has 0 fully saturated rings. The van der Waals surface area contributed by atoms with Crippen LogP contribution in [0.15, 0.2) is 61.0 Å². The van der Waals surface area contributed by atoms with Crippen molar-refractivity contribution in [2.75, 3.05) is 0 Å². The van der Waals surface area contributed by atoms with Gasteiger partial charge in [0, 0.05) is 5.02 Å². The van der Waals surface area contributed by atoms with E-state index >= 15 is 0 Å². The van der Waals surface area contributed by atoms with Gasteiger partial charge < -0.3 is 0 Å². The van der Waals surface area contributed by atoms with Gasteiger partial charge in [-0.1, -0.05) is 76.2 Å². The predicted octanol–water partition coefficient (Wildman–Crippen LogP) is 6.70. The zero-order valence-electron chi connectivity index (χ0n) is 12.8. The molecule has 0 amide bonds. The number of allylic oxidation sites excluding steroid dienone is 4. The van der Waals surface area contributed by atoms with Gasteiger partial charge in [-0.2, -0.15) is 0 Å². The fourth-order valence-electron chi connectivity index (χ4n) is 1.24. The van der Waals surface area contributed by atoms with Gasteiger partial charge in [0.2, 0.25) is 0 Å². The highest BCUT2D eigenvalue weighted by molar-refractivity contribution is 6.30. The van der Waals surface area contributed by atoms with Crippen LogP contribution in [0.4, 0.5) is 4.39 Å². The summed E-state index contributed by atoms with van der Waals surface area (Å²) in [5, 5.41) is 0.810. The van der Waals surface area contributed by atoms with Crippen molar-refractivity contribution in [3.8, 4) is 0 Å². The Morgan fingerprint density at radius 3 is 1.90 bits per heavy atom. The highest BCUT2D eigenvalue weighted by atomic mass is 35.5. The summed E-state index contributed by atoms with van der Waals surface area (Å²) in [5.41, 5.74) is 2.25. The van der Waals surface area contributed by atoms with Crippen LogP contribution in [0, 0.1) is 5.92 Å². The van der Waals surface area contributed by atoms with Crippen molar-refractivity contribution in [3.63, 3.8) is 0 Å². The quantitative estimate of drug-likeness (QED) is 0.542. The molecule has 0 aromatic heterocycles. The number of rotatable bonds is 4. The fourth-order valence-corrected chi connectivity index (χ4v) is 1.36. The molecular weight excluding hydrogens is 271 g/mol. The zero-order valence-corrected chi connectivity index (χ0v) is 13.5. The molecule has 0 bridgehead atoms. The van der Waals surface area contributed by atoms with E-state index in [0.717, 1.165) is 10.6 Å². The van der Waals surface area contributed by atoms with Crippen LogP contribution >= 0.6 is 11.6 Å². The number of halogens is 2. The molecule has 110 valence electrons. The maximum Gasteiger partial charge on any atom is 0.116 e. The average molecular weight is 295 g/mol. The van der Waals surface area contributed by atoms with E-state index in [2.05, 4.69) is 39.1 Å². The summed E-state index contributed by atoms with van der Waals surface area (Å²) in [4.78, 5) is 0. The molecule has 0 aliphatic heterocycles. The smallest absolute Gasteiger partial charge is 0.116 e. The highest BCUT2D eigenvalue weighted by Crippen LogP contribution is 2.16. The second-order valence-corrected chi connectivity index (χ2v) is 5.65. The summed E-state index contributed by atoms with van der Waals surface area (Å²) in [6.07, 6.45) is 2.97. The molecular formula is C18H24ClF. The predicted molar refractivity (Wildman–Crippen MR) is 88.9 cm³/mol. The first-order valence-corrected chi connectivity index (χ1v) is 7.08. The maximum absolute atomic E-state index is 12.0. The monoisotopic (exact) mass is 294 g/mol. The molecule has 0 saturated heterocycles. The molecule has 0 unspecified atom stereocenters. The summed E-state index contributed by atoms with van der Waals surface area (Å²) < 4.78 is 12.0. The van der Waals surface area contributed by atoms with Crippen molar-refractivity contribution in [1.29, 1.82) is 0 Å². The molecule has 0 aliphatic rings. The van der Waals surface area contributed by atoms with Crippen LogP contribution in [-0.2, 0) is 0 Å². The summed E-state index contributed by atoms with van der Waals surface area (Å²) in [7, 11) is 0. The first-order chi connectivity index (χ1) is 9.23. The fraction of sp³-hybridized carbons (Fsp3) is 0.333. The Balaban J connectivity index is 0.000000361. The van der Waals surface area contributed by atoms with Crippen LogP contribution in [0.2, 0.25) is 5.02 Å². The SMILES string of the molecule is C=C(F)/C=C\C(=C)C(C)C.CC(C)c1ccc(Cl)cc1. The second-order valence-electron chi connectivity index (χ2n) is 5.22. The average Bonchev–Trinajstić information content (AvgIpc) is 2.37. The second kappa shape index (κ2) is 9.55. The first kappa shape index (κ1) is 18.7. The van der Waals surface area contributed by atoms with Gasteiger partial charge >= 0.3 is 0 Å². The molecule has 0 saturated carbocycles. The third kappa shape index (κ3) is 8.71. The lowest BCUT2D eigenvalue weighted by atomic mass is 10.0. The molecule has 0 nitrogen and oxygen atoms in total. The van der Waals surface area contributed by atoms with E-state index in [-0.39, 0.29) is 0 Å². The standard InChI is InChI=1S/C9H11Cl.C9H13F/c1-7(2)8-3-5-9(10)6-4-8;1-7(2)8(3)5-6-9(4)10/h3-7H,1-2H3;5-7H,3-4H2,1-2H3/b;6-5-. The first-order valence-electron chi connectivity index (χ1n) is 6.70. The van der Waals surface area contributed by atoms with Gasteiger partial charge in [0.15, 0.2) is 0 Å². The van der Waals surface area contributed by atoms with Crippen LogP contribution in [0.1, 0.15) is 39.2 Å². The lowest BCUT2D eigenvalue weighted by Gasteiger charge is -2.03. The lowest BCUT2D eigenvalue weighted by molar-refractivity contribution is 0.670. The van der Waals surface area contributed by atoms with Gasteiger partial charge in [-0.15, -0.1) is 0 Å². The normalized spacial score (nSPS) is 10.6. The molecule has 1 aromatic carbocycles. The Kier molecular flexibility index (Phi) is 8.91. The minimum absolute atomic E-state index is 0.371. The van der Waals surface area contributed by atoms with E-state index in [0.29, 0.717) is 11.8 Å². The summed E-state index contributed by atoms with van der Waals surface area (Å²) in [6, 6.07) is 7.98. The Morgan fingerprint density at radius 2 is 1.55 bits per heavy atom. The van der Waals surface area contributed by atoms with E-state index in [1.165, 1.54) is 11.6 Å². The molecule has 0 heterocycles. The van der Waals surface area contributed by atoms with E-state index in [1.807, 2.05) is 26.0 Å². The summed E-state index contributed by atoms with van der Waals surface area (Å²) in [6.45, 7) is 15.2. The molecule has 0 N–H and O–H groups in total. The Labute approximate surface area is 127 Å². The maximum atomic E-state index is 12.0.